The highest BCUT2D eigenvalue weighted by atomic mass is 16.3. The van der Waals surface area contributed by atoms with Gasteiger partial charge in [-0.2, -0.15) is 5.26 Å². The van der Waals surface area contributed by atoms with Crippen LogP contribution in [0.2, 0.25) is 0 Å². The van der Waals surface area contributed by atoms with Crippen LogP contribution in [0.1, 0.15) is 22.9 Å². The molecule has 0 amide bonds. The molecule has 5 nitrogen and oxygen atoms in total. The monoisotopic (exact) mass is 207 g/mol. The van der Waals surface area contributed by atoms with Crippen LogP contribution < -0.4 is 5.73 Å². The Morgan fingerprint density at radius 1 is 1.47 bits per heavy atom. The Kier molecular flexibility index (Phi) is 3.24. The zero-order valence-corrected chi connectivity index (χ0v) is 8.60. The van der Waals surface area contributed by atoms with E-state index in [2.05, 4.69) is 4.98 Å². The molecule has 0 aliphatic heterocycles. The van der Waals surface area contributed by atoms with Crippen molar-refractivity contribution in [3.63, 3.8) is 0 Å². The third-order valence-electron chi connectivity index (χ3n) is 2.20. The standard InChI is InChI=1S/C10H13N3O2/c1-5-3-8(12)13-6(2)9(5)10(15)7(14)4-11/h3,7,10,14-15H,1-2H3,(H2,12,13). The molecule has 0 fully saturated rings. The van der Waals surface area contributed by atoms with Gasteiger partial charge in [-0.15, -0.1) is 0 Å². The van der Waals surface area contributed by atoms with Crippen LogP contribution in [0.25, 0.3) is 0 Å². The van der Waals surface area contributed by atoms with E-state index in [4.69, 9.17) is 11.0 Å². The normalized spacial score (nSPS) is 14.3. The van der Waals surface area contributed by atoms with Crippen molar-refractivity contribution in [3.05, 3.63) is 22.9 Å². The van der Waals surface area contributed by atoms with Crippen LogP contribution in [0.5, 0.6) is 0 Å². The second-order valence-electron chi connectivity index (χ2n) is 3.38. The van der Waals surface area contributed by atoms with Crippen molar-refractivity contribution in [2.24, 2.45) is 0 Å². The summed E-state index contributed by atoms with van der Waals surface area (Å²) in [4.78, 5) is 3.97. The first kappa shape index (κ1) is 11.4. The zero-order valence-electron chi connectivity index (χ0n) is 8.60. The molecular weight excluding hydrogens is 194 g/mol. The average Bonchev–Trinajstić information content (AvgIpc) is 2.14. The number of aliphatic hydroxyl groups is 2. The number of nitrogen functional groups attached to an aromatic ring is 1. The van der Waals surface area contributed by atoms with E-state index in [0.29, 0.717) is 22.6 Å². The maximum absolute atomic E-state index is 9.69. The number of pyridine rings is 1. The number of hydrogen-bond acceptors (Lipinski definition) is 5. The maximum atomic E-state index is 9.69. The molecule has 2 unspecified atom stereocenters. The first-order valence-electron chi connectivity index (χ1n) is 4.46. The lowest BCUT2D eigenvalue weighted by atomic mass is 9.99. The molecule has 2 atom stereocenters. The molecular formula is C10H13N3O2. The highest BCUT2D eigenvalue weighted by Gasteiger charge is 2.22. The highest BCUT2D eigenvalue weighted by Crippen LogP contribution is 2.24. The van der Waals surface area contributed by atoms with E-state index in [1.807, 2.05) is 0 Å². The van der Waals surface area contributed by atoms with E-state index in [1.165, 1.54) is 0 Å². The fourth-order valence-electron chi connectivity index (χ4n) is 1.55. The number of nitrogens with two attached hydrogens (primary N) is 1. The van der Waals surface area contributed by atoms with Crippen LogP contribution in [0.4, 0.5) is 5.82 Å². The fourth-order valence-corrected chi connectivity index (χ4v) is 1.55. The Labute approximate surface area is 87.8 Å². The van der Waals surface area contributed by atoms with Gasteiger partial charge >= 0.3 is 0 Å². The Morgan fingerprint density at radius 2 is 2.07 bits per heavy atom. The number of aromatic nitrogens is 1. The topological polar surface area (TPSA) is 103 Å². The van der Waals surface area contributed by atoms with Gasteiger partial charge in [-0.1, -0.05) is 0 Å². The lowest BCUT2D eigenvalue weighted by Crippen LogP contribution is -2.18. The van der Waals surface area contributed by atoms with Gasteiger partial charge in [0.05, 0.1) is 6.07 Å². The Morgan fingerprint density at radius 3 is 2.53 bits per heavy atom. The molecule has 0 bridgehead atoms. The summed E-state index contributed by atoms with van der Waals surface area (Å²) in [5, 5.41) is 27.4. The number of anilines is 1. The number of nitriles is 1. The van der Waals surface area contributed by atoms with Crippen molar-refractivity contribution in [2.45, 2.75) is 26.1 Å². The molecule has 0 aliphatic carbocycles. The third kappa shape index (κ3) is 2.24. The lowest BCUT2D eigenvalue weighted by molar-refractivity contribution is 0.0517. The second-order valence-corrected chi connectivity index (χ2v) is 3.38. The Bertz CT molecular complexity index is 389. The third-order valence-corrected chi connectivity index (χ3v) is 2.20. The summed E-state index contributed by atoms with van der Waals surface area (Å²) in [5.41, 5.74) is 7.21. The molecule has 4 N–H and O–H groups in total. The summed E-state index contributed by atoms with van der Waals surface area (Å²) in [5.74, 6) is 0.354. The molecule has 0 saturated carbocycles. The fraction of sp³-hybridized carbons (Fsp3) is 0.400. The molecule has 0 saturated heterocycles. The first-order chi connectivity index (χ1) is 6.97. The van der Waals surface area contributed by atoms with E-state index in [1.54, 1.807) is 26.0 Å². The molecule has 1 rings (SSSR count). The number of aryl methyl sites for hydroxylation is 2. The van der Waals surface area contributed by atoms with Gasteiger partial charge in [-0.25, -0.2) is 4.98 Å². The Balaban J connectivity index is 3.21. The van der Waals surface area contributed by atoms with Crippen molar-refractivity contribution in [1.82, 2.24) is 4.98 Å². The second kappa shape index (κ2) is 4.26. The van der Waals surface area contributed by atoms with Crippen LogP contribution in [0.3, 0.4) is 0 Å². The maximum Gasteiger partial charge on any atom is 0.170 e. The van der Waals surface area contributed by atoms with Crippen molar-refractivity contribution in [3.8, 4) is 6.07 Å². The summed E-state index contributed by atoms with van der Waals surface area (Å²) in [6.45, 7) is 3.42. The van der Waals surface area contributed by atoms with E-state index in [-0.39, 0.29) is 0 Å². The Hall–Kier alpha value is -1.64. The van der Waals surface area contributed by atoms with Crippen molar-refractivity contribution in [1.29, 1.82) is 5.26 Å². The molecule has 0 aromatic carbocycles. The van der Waals surface area contributed by atoms with Gasteiger partial charge < -0.3 is 15.9 Å². The minimum Gasteiger partial charge on any atom is -0.384 e. The SMILES string of the molecule is Cc1cc(N)nc(C)c1C(O)C(O)C#N. The average molecular weight is 207 g/mol. The number of rotatable bonds is 2. The van der Waals surface area contributed by atoms with Gasteiger partial charge in [-0.3, -0.25) is 0 Å². The van der Waals surface area contributed by atoms with Crippen LogP contribution in [0.15, 0.2) is 6.07 Å². The molecule has 1 heterocycles. The molecule has 0 radical (unpaired) electrons. The summed E-state index contributed by atoms with van der Waals surface area (Å²) in [7, 11) is 0. The first-order valence-corrected chi connectivity index (χ1v) is 4.46. The van der Waals surface area contributed by atoms with Crippen molar-refractivity contribution in [2.75, 3.05) is 5.73 Å². The number of hydrogen-bond donors (Lipinski definition) is 3. The van der Waals surface area contributed by atoms with E-state index in [0.717, 1.165) is 0 Å². The molecule has 0 spiro atoms. The predicted molar refractivity (Wildman–Crippen MR) is 54.7 cm³/mol. The summed E-state index contributed by atoms with van der Waals surface area (Å²) >= 11 is 0. The smallest absolute Gasteiger partial charge is 0.170 e. The van der Waals surface area contributed by atoms with Crippen molar-refractivity contribution >= 4 is 5.82 Å². The van der Waals surface area contributed by atoms with Gasteiger partial charge in [0.25, 0.3) is 0 Å². The van der Waals surface area contributed by atoms with Crippen LogP contribution in [0, 0.1) is 25.2 Å². The minimum absolute atomic E-state index is 0.354. The summed E-state index contributed by atoms with van der Waals surface area (Å²) in [6, 6.07) is 3.17. The number of aliphatic hydroxyl groups excluding tert-OH is 2. The summed E-state index contributed by atoms with van der Waals surface area (Å²) in [6.07, 6.45) is -2.70. The highest BCUT2D eigenvalue weighted by molar-refractivity contribution is 5.42. The van der Waals surface area contributed by atoms with Gasteiger partial charge in [0.2, 0.25) is 0 Å². The van der Waals surface area contributed by atoms with Crippen LogP contribution >= 0.6 is 0 Å². The van der Waals surface area contributed by atoms with Gasteiger partial charge in [-0.05, 0) is 25.5 Å². The molecule has 0 aliphatic rings. The van der Waals surface area contributed by atoms with Crippen LogP contribution in [-0.2, 0) is 0 Å². The molecule has 5 heteroatoms. The van der Waals surface area contributed by atoms with E-state index in [9.17, 15) is 10.2 Å². The quantitative estimate of drug-likeness (QED) is 0.601. The zero-order chi connectivity index (χ0) is 11.6. The number of nitrogens with zero attached hydrogens (tertiary/aromatic N) is 2. The van der Waals surface area contributed by atoms with E-state index >= 15 is 0 Å². The largest absolute Gasteiger partial charge is 0.384 e. The lowest BCUT2D eigenvalue weighted by Gasteiger charge is -2.17. The van der Waals surface area contributed by atoms with Gasteiger partial charge in [0, 0.05) is 11.3 Å². The molecule has 1 aromatic heterocycles. The predicted octanol–water partition coefficient (Wildman–Crippen LogP) is 0.199. The van der Waals surface area contributed by atoms with E-state index < -0.39 is 12.2 Å². The van der Waals surface area contributed by atoms with Gasteiger partial charge in [0.1, 0.15) is 11.9 Å². The molecule has 15 heavy (non-hydrogen) atoms. The van der Waals surface area contributed by atoms with Gasteiger partial charge in [0.15, 0.2) is 6.10 Å². The van der Waals surface area contributed by atoms with Crippen molar-refractivity contribution < 1.29 is 10.2 Å². The summed E-state index contributed by atoms with van der Waals surface area (Å²) < 4.78 is 0. The molecule has 80 valence electrons. The van der Waals surface area contributed by atoms with Crippen LogP contribution in [-0.4, -0.2) is 21.3 Å². The minimum atomic E-state index is -1.45. The molecule has 1 aromatic rings.